The van der Waals surface area contributed by atoms with Crippen LogP contribution in [0.15, 0.2) is 30.3 Å². The maximum absolute atomic E-state index is 5.34. The third-order valence-electron chi connectivity index (χ3n) is 1.55. The molecule has 0 bridgehead atoms. The summed E-state index contributed by atoms with van der Waals surface area (Å²) in [6.07, 6.45) is 4.10. The van der Waals surface area contributed by atoms with Crippen LogP contribution < -0.4 is 4.74 Å². The molecule has 0 fully saturated rings. The second-order valence-electron chi connectivity index (χ2n) is 2.25. The Kier molecular flexibility index (Phi) is 3.07. The van der Waals surface area contributed by atoms with Gasteiger partial charge in [0.05, 0.1) is 0 Å². The minimum Gasteiger partial charge on any atom is -0.489 e. The van der Waals surface area contributed by atoms with Gasteiger partial charge in [-0.2, -0.15) is 0 Å². The SMILES string of the molecule is C1=Cc2ccccc2OC1.[Zr]. The minimum atomic E-state index is 0. The van der Waals surface area contributed by atoms with E-state index in [9.17, 15) is 0 Å². The summed E-state index contributed by atoms with van der Waals surface area (Å²) in [4.78, 5) is 0. The van der Waals surface area contributed by atoms with Crippen LogP contribution in [0.4, 0.5) is 0 Å². The molecule has 1 aliphatic heterocycles. The molecule has 0 unspecified atom stereocenters. The van der Waals surface area contributed by atoms with Crippen LogP contribution in [0.2, 0.25) is 0 Å². The van der Waals surface area contributed by atoms with Crippen LogP contribution in [0, 0.1) is 0 Å². The van der Waals surface area contributed by atoms with Gasteiger partial charge in [0.2, 0.25) is 0 Å². The van der Waals surface area contributed by atoms with Crippen molar-refractivity contribution in [1.29, 1.82) is 0 Å². The molecule has 0 saturated heterocycles. The van der Waals surface area contributed by atoms with Gasteiger partial charge < -0.3 is 4.74 Å². The zero-order chi connectivity index (χ0) is 6.81. The molecule has 54 valence electrons. The Bertz CT molecular complexity index is 268. The number of ether oxygens (including phenoxy) is 1. The van der Waals surface area contributed by atoms with Crippen LogP contribution in [0.3, 0.4) is 0 Å². The summed E-state index contributed by atoms with van der Waals surface area (Å²) in [5, 5.41) is 0. The van der Waals surface area contributed by atoms with Gasteiger partial charge in [0.15, 0.2) is 0 Å². The van der Waals surface area contributed by atoms with Crippen LogP contribution in [0.1, 0.15) is 5.56 Å². The normalized spacial score (nSPS) is 12.7. The largest absolute Gasteiger partial charge is 0.489 e. The molecule has 0 spiro atoms. The Labute approximate surface area is 85.2 Å². The van der Waals surface area contributed by atoms with Crippen molar-refractivity contribution in [1.82, 2.24) is 0 Å². The monoisotopic (exact) mass is 222 g/mol. The van der Waals surface area contributed by atoms with Gasteiger partial charge in [-0.1, -0.05) is 24.3 Å². The van der Waals surface area contributed by atoms with E-state index in [1.54, 1.807) is 0 Å². The molecule has 0 atom stereocenters. The fraction of sp³-hybridized carbons (Fsp3) is 0.111. The fourth-order valence-electron chi connectivity index (χ4n) is 1.06. The number of hydrogen-bond donors (Lipinski definition) is 0. The predicted molar refractivity (Wildman–Crippen MR) is 41.0 cm³/mol. The zero-order valence-electron chi connectivity index (χ0n) is 6.08. The third-order valence-corrected chi connectivity index (χ3v) is 1.55. The summed E-state index contributed by atoms with van der Waals surface area (Å²) in [5.41, 5.74) is 1.17. The Morgan fingerprint density at radius 1 is 1.18 bits per heavy atom. The minimum absolute atomic E-state index is 0. The van der Waals surface area contributed by atoms with Crippen LogP contribution in [0.25, 0.3) is 6.08 Å². The van der Waals surface area contributed by atoms with E-state index >= 15 is 0 Å². The maximum atomic E-state index is 5.34. The van der Waals surface area contributed by atoms with Crippen molar-refractivity contribution >= 4 is 6.08 Å². The van der Waals surface area contributed by atoms with Crippen LogP contribution in [-0.2, 0) is 26.2 Å². The van der Waals surface area contributed by atoms with Gasteiger partial charge in [-0.05, 0) is 12.1 Å². The number of hydrogen-bond acceptors (Lipinski definition) is 1. The molecule has 0 radical (unpaired) electrons. The molecule has 1 heterocycles. The topological polar surface area (TPSA) is 9.23 Å². The summed E-state index contributed by atoms with van der Waals surface area (Å²) in [5.74, 6) is 0.991. The van der Waals surface area contributed by atoms with Gasteiger partial charge in [-0.25, -0.2) is 0 Å². The smallest absolute Gasteiger partial charge is 0.126 e. The average molecular weight is 223 g/mol. The second kappa shape index (κ2) is 3.87. The maximum Gasteiger partial charge on any atom is 0.126 e. The van der Waals surface area contributed by atoms with Crippen LogP contribution in [-0.4, -0.2) is 6.61 Å². The first kappa shape index (κ1) is 8.74. The Hall–Kier alpha value is -0.357. The van der Waals surface area contributed by atoms with Gasteiger partial charge in [0.1, 0.15) is 12.4 Å². The number of rotatable bonds is 0. The number of fused-ring (bicyclic) bond motifs is 1. The summed E-state index contributed by atoms with van der Waals surface area (Å²) >= 11 is 0. The summed E-state index contributed by atoms with van der Waals surface area (Å²) in [6, 6.07) is 8.03. The third kappa shape index (κ3) is 1.81. The summed E-state index contributed by atoms with van der Waals surface area (Å²) < 4.78 is 5.34. The quantitative estimate of drug-likeness (QED) is 0.654. The van der Waals surface area contributed by atoms with E-state index in [-0.39, 0.29) is 26.2 Å². The van der Waals surface area contributed by atoms with Crippen LogP contribution >= 0.6 is 0 Å². The van der Waals surface area contributed by atoms with Gasteiger partial charge >= 0.3 is 0 Å². The van der Waals surface area contributed by atoms with Crippen molar-refractivity contribution < 1.29 is 30.9 Å². The van der Waals surface area contributed by atoms with Crippen molar-refractivity contribution in [3.63, 3.8) is 0 Å². The van der Waals surface area contributed by atoms with Gasteiger partial charge in [-0.15, -0.1) is 0 Å². The molecule has 0 aliphatic carbocycles. The molecule has 1 aromatic rings. The van der Waals surface area contributed by atoms with E-state index in [1.807, 2.05) is 30.3 Å². The molecular formula is C9H8OZr. The van der Waals surface area contributed by atoms with E-state index < -0.39 is 0 Å². The molecule has 0 N–H and O–H groups in total. The van der Waals surface area contributed by atoms with Crippen molar-refractivity contribution in [2.45, 2.75) is 0 Å². The van der Waals surface area contributed by atoms with Crippen molar-refractivity contribution in [2.75, 3.05) is 6.61 Å². The first-order chi connectivity index (χ1) is 4.97. The number of benzene rings is 1. The van der Waals surface area contributed by atoms with Crippen molar-refractivity contribution in [2.24, 2.45) is 0 Å². The molecule has 0 saturated carbocycles. The number of para-hydroxylation sites is 1. The van der Waals surface area contributed by atoms with Gasteiger partial charge in [0.25, 0.3) is 0 Å². The average Bonchev–Trinajstić information content (AvgIpc) is 2.05. The molecule has 0 amide bonds. The first-order valence-electron chi connectivity index (χ1n) is 3.35. The first-order valence-corrected chi connectivity index (χ1v) is 3.35. The molecular weight excluding hydrogens is 215 g/mol. The van der Waals surface area contributed by atoms with Gasteiger partial charge in [-0.3, -0.25) is 0 Å². The molecule has 0 aromatic heterocycles. The Morgan fingerprint density at radius 3 is 2.82 bits per heavy atom. The molecule has 11 heavy (non-hydrogen) atoms. The van der Waals surface area contributed by atoms with Crippen LogP contribution in [0.5, 0.6) is 5.75 Å². The molecule has 2 heteroatoms. The molecule has 2 rings (SSSR count). The molecule has 1 nitrogen and oxygen atoms in total. The molecule has 1 aromatic carbocycles. The van der Waals surface area contributed by atoms with Crippen molar-refractivity contribution in [3.05, 3.63) is 35.9 Å². The Morgan fingerprint density at radius 2 is 2.00 bits per heavy atom. The summed E-state index contributed by atoms with van der Waals surface area (Å²) in [6.45, 7) is 0.705. The van der Waals surface area contributed by atoms with E-state index in [1.165, 1.54) is 5.56 Å². The zero-order valence-corrected chi connectivity index (χ0v) is 8.54. The molecule has 1 aliphatic rings. The van der Waals surface area contributed by atoms with E-state index in [2.05, 4.69) is 6.08 Å². The second-order valence-corrected chi connectivity index (χ2v) is 2.25. The predicted octanol–water partition coefficient (Wildman–Crippen LogP) is 2.09. The van der Waals surface area contributed by atoms with E-state index in [0.717, 1.165) is 5.75 Å². The van der Waals surface area contributed by atoms with Gasteiger partial charge in [0, 0.05) is 31.8 Å². The Balaban J connectivity index is 0.000000605. The standard InChI is InChI=1S/C9H8O.Zr/c1-2-6-9-8(4-1)5-3-7-10-9;/h1-6H,7H2;. The van der Waals surface area contributed by atoms with E-state index in [0.29, 0.717) is 6.61 Å². The van der Waals surface area contributed by atoms with Crippen molar-refractivity contribution in [3.8, 4) is 5.75 Å². The summed E-state index contributed by atoms with van der Waals surface area (Å²) in [7, 11) is 0. The van der Waals surface area contributed by atoms with E-state index in [4.69, 9.17) is 4.74 Å². The fourth-order valence-corrected chi connectivity index (χ4v) is 1.06.